The number of rotatable bonds is 2. The van der Waals surface area contributed by atoms with Crippen molar-refractivity contribution in [3.8, 4) is 5.75 Å². The number of nitrogens with zero attached hydrogens (tertiary/aromatic N) is 1. The van der Waals surface area contributed by atoms with E-state index in [-0.39, 0.29) is 40.0 Å². The Hall–Kier alpha value is -1.33. The highest BCUT2D eigenvalue weighted by Crippen LogP contribution is 2.48. The lowest BCUT2D eigenvalue weighted by atomic mass is 9.61. The molecule has 0 amide bonds. The molecule has 1 heterocycles. The first-order valence-corrected chi connectivity index (χ1v) is 9.83. The zero-order valence-corrected chi connectivity index (χ0v) is 18.7. The fourth-order valence-electron chi connectivity index (χ4n) is 4.44. The van der Waals surface area contributed by atoms with Gasteiger partial charge in [0, 0.05) is 23.5 Å². The molecule has 0 aromatic heterocycles. The topological polar surface area (TPSA) is 40.5 Å². The Morgan fingerprint density at radius 1 is 1.18 bits per heavy atom. The van der Waals surface area contributed by atoms with Crippen molar-refractivity contribution in [2.75, 3.05) is 13.6 Å². The van der Waals surface area contributed by atoms with E-state index in [1.165, 1.54) is 0 Å². The number of ketones is 1. The molecule has 2 aromatic carbocycles. The molecule has 0 spiro atoms. The number of benzene rings is 2. The van der Waals surface area contributed by atoms with Crippen LogP contribution in [0, 0.1) is 0 Å². The molecule has 1 N–H and O–H groups in total. The number of fused-ring (bicyclic) bond motifs is 2. The Morgan fingerprint density at radius 2 is 1.96 bits per heavy atom. The van der Waals surface area contributed by atoms with Crippen molar-refractivity contribution in [3.05, 3.63) is 69.2 Å². The maximum atomic E-state index is 13.2. The van der Waals surface area contributed by atoms with Gasteiger partial charge in [0.1, 0.15) is 5.75 Å². The lowest BCUT2D eigenvalue weighted by Gasteiger charge is -2.50. The molecule has 1 aliphatic carbocycles. The average Bonchev–Trinajstić information content (AvgIpc) is 2.64. The number of carbonyl (C=O) groups excluding carboxylic acids is 1. The third-order valence-corrected chi connectivity index (χ3v) is 6.70. The van der Waals surface area contributed by atoms with Gasteiger partial charge in [-0.1, -0.05) is 41.4 Å². The summed E-state index contributed by atoms with van der Waals surface area (Å²) in [6.07, 6.45) is 4.19. The number of hydrogen-bond donors (Lipinski definition) is 1. The van der Waals surface area contributed by atoms with Crippen molar-refractivity contribution in [3.63, 3.8) is 0 Å². The van der Waals surface area contributed by atoms with Crippen LogP contribution in [-0.2, 0) is 10.2 Å². The van der Waals surface area contributed by atoms with Crippen molar-refractivity contribution in [2.45, 2.75) is 30.7 Å². The second kappa shape index (κ2) is 8.19. The summed E-state index contributed by atoms with van der Waals surface area (Å²) in [6, 6.07) is 12.9. The Labute approximate surface area is 185 Å². The average molecular weight is 483 g/mol. The predicted octanol–water partition coefficient (Wildman–Crippen LogP) is 5.67. The Bertz CT molecular complexity index is 946. The molecule has 2 aliphatic rings. The van der Waals surface area contributed by atoms with Gasteiger partial charge in [0.15, 0.2) is 5.78 Å². The summed E-state index contributed by atoms with van der Waals surface area (Å²) < 4.78 is 0. The summed E-state index contributed by atoms with van der Waals surface area (Å²) in [5.74, 6) is 0.411. The van der Waals surface area contributed by atoms with Crippen LogP contribution in [0.15, 0.2) is 48.0 Å². The van der Waals surface area contributed by atoms with Crippen LogP contribution in [0.2, 0.25) is 10.0 Å². The van der Waals surface area contributed by atoms with Gasteiger partial charge in [0.2, 0.25) is 0 Å². The molecule has 1 saturated heterocycles. The lowest BCUT2D eigenvalue weighted by molar-refractivity contribution is -0.120. The third kappa shape index (κ3) is 3.88. The van der Waals surface area contributed by atoms with Crippen LogP contribution in [0.5, 0.6) is 5.75 Å². The molecule has 0 unspecified atom stereocenters. The van der Waals surface area contributed by atoms with Crippen molar-refractivity contribution in [1.29, 1.82) is 0 Å². The highest BCUT2D eigenvalue weighted by atomic mass is 79.9. The Morgan fingerprint density at radius 3 is 2.68 bits per heavy atom. The van der Waals surface area contributed by atoms with Crippen LogP contribution < -0.4 is 0 Å². The van der Waals surface area contributed by atoms with Gasteiger partial charge in [-0.25, -0.2) is 0 Å². The summed E-state index contributed by atoms with van der Waals surface area (Å²) in [4.78, 5) is 15.4. The van der Waals surface area contributed by atoms with Gasteiger partial charge < -0.3 is 5.11 Å². The maximum Gasteiger partial charge on any atom is 0.161 e. The first-order chi connectivity index (χ1) is 12.9. The molecule has 2 bridgehead atoms. The van der Waals surface area contributed by atoms with Crippen molar-refractivity contribution in [2.24, 2.45) is 0 Å². The number of phenolic OH excluding ortho intramolecular Hbond substituents is 1. The highest BCUT2D eigenvalue weighted by molar-refractivity contribution is 8.93. The smallest absolute Gasteiger partial charge is 0.161 e. The molecule has 148 valence electrons. The number of aromatic hydroxyl groups is 1. The van der Waals surface area contributed by atoms with Crippen LogP contribution >= 0.6 is 40.2 Å². The van der Waals surface area contributed by atoms with Crippen LogP contribution in [0.3, 0.4) is 0 Å². The molecule has 2 fully saturated rings. The zero-order chi connectivity index (χ0) is 19.2. The molecule has 2 aromatic rings. The standard InChI is InChI=1S/C22H21Cl2NO2.BrH/c1-25-8-7-22(15-3-2-4-16(26)11-15)12-20(25)17(21(27)13-22)9-14-5-6-18(23)19(24)10-14;/h2-6,9-11,20,26H,7-8,12-13H2,1H3;1H/b17-9+;/t20-,22-;/m1./s1. The zero-order valence-electron chi connectivity index (χ0n) is 15.5. The van der Waals surface area contributed by atoms with E-state index in [1.807, 2.05) is 30.3 Å². The monoisotopic (exact) mass is 481 g/mol. The first-order valence-electron chi connectivity index (χ1n) is 9.08. The van der Waals surface area contributed by atoms with Crippen LogP contribution in [0.1, 0.15) is 30.4 Å². The van der Waals surface area contributed by atoms with E-state index in [0.717, 1.165) is 36.1 Å². The first kappa shape index (κ1) is 21.4. The molecule has 1 aliphatic heterocycles. The lowest BCUT2D eigenvalue weighted by Crippen LogP contribution is -2.53. The summed E-state index contributed by atoms with van der Waals surface area (Å²) in [5.41, 5.74) is 2.56. The molecule has 3 nitrogen and oxygen atoms in total. The molecule has 4 rings (SSSR count). The molecule has 28 heavy (non-hydrogen) atoms. The minimum Gasteiger partial charge on any atom is -0.508 e. The van der Waals surface area contributed by atoms with Gasteiger partial charge in [-0.3, -0.25) is 9.69 Å². The van der Waals surface area contributed by atoms with Crippen molar-refractivity contribution >= 4 is 52.0 Å². The van der Waals surface area contributed by atoms with Crippen molar-refractivity contribution < 1.29 is 9.90 Å². The SMILES string of the molecule is Br.CN1CC[C@]2(c3cccc(O)c3)CC(=O)/C(=C/c3ccc(Cl)c(Cl)c3)[C@H]1C2. The predicted molar refractivity (Wildman–Crippen MR) is 120 cm³/mol. The minimum absolute atomic E-state index is 0. The number of phenols is 1. The maximum absolute atomic E-state index is 13.2. The summed E-state index contributed by atoms with van der Waals surface area (Å²) in [7, 11) is 2.07. The number of likely N-dealkylation sites (tertiary alicyclic amines) is 1. The van der Waals surface area contributed by atoms with Gasteiger partial charge in [-0.2, -0.15) is 0 Å². The molecule has 0 radical (unpaired) electrons. The van der Waals surface area contributed by atoms with Crippen molar-refractivity contribution in [1.82, 2.24) is 4.90 Å². The van der Waals surface area contributed by atoms with Gasteiger partial charge in [-0.05, 0) is 67.9 Å². The molecule has 1 saturated carbocycles. The normalized spacial score (nSPS) is 26.2. The number of hydrogen-bond acceptors (Lipinski definition) is 3. The molecule has 6 heteroatoms. The molecule has 2 atom stereocenters. The van der Waals surface area contributed by atoms with Gasteiger partial charge >= 0.3 is 0 Å². The van der Waals surface area contributed by atoms with Gasteiger partial charge in [0.25, 0.3) is 0 Å². The second-order valence-electron chi connectivity index (χ2n) is 7.65. The quantitative estimate of drug-likeness (QED) is 0.561. The number of carbonyl (C=O) groups is 1. The fraction of sp³-hybridized carbons (Fsp3) is 0.318. The Kier molecular flexibility index (Phi) is 6.26. The number of likely N-dealkylation sites (N-methyl/N-ethyl adjacent to an activating group) is 1. The molecular weight excluding hydrogens is 461 g/mol. The largest absolute Gasteiger partial charge is 0.508 e. The van der Waals surface area contributed by atoms with E-state index in [4.69, 9.17) is 23.2 Å². The van der Waals surface area contributed by atoms with Gasteiger partial charge in [0.05, 0.1) is 10.0 Å². The van der Waals surface area contributed by atoms with E-state index >= 15 is 0 Å². The van der Waals surface area contributed by atoms with Crippen LogP contribution in [0.25, 0.3) is 6.08 Å². The summed E-state index contributed by atoms with van der Waals surface area (Å²) in [6.45, 7) is 0.909. The van der Waals surface area contributed by atoms with Crippen LogP contribution in [-0.4, -0.2) is 35.4 Å². The number of halogens is 3. The Balaban J connectivity index is 0.00000225. The van der Waals surface area contributed by atoms with E-state index in [9.17, 15) is 9.90 Å². The minimum atomic E-state index is -0.206. The highest BCUT2D eigenvalue weighted by Gasteiger charge is 2.48. The fourth-order valence-corrected chi connectivity index (χ4v) is 4.74. The van der Waals surface area contributed by atoms with E-state index < -0.39 is 0 Å². The second-order valence-corrected chi connectivity index (χ2v) is 8.47. The molecular formula is C22H22BrCl2NO2. The third-order valence-electron chi connectivity index (χ3n) is 5.96. The summed E-state index contributed by atoms with van der Waals surface area (Å²) in [5, 5.41) is 10.9. The number of piperidine rings is 1. The van der Waals surface area contributed by atoms with E-state index in [1.54, 1.807) is 18.2 Å². The summed E-state index contributed by atoms with van der Waals surface area (Å²) >= 11 is 12.1. The van der Waals surface area contributed by atoms with Crippen LogP contribution in [0.4, 0.5) is 0 Å². The van der Waals surface area contributed by atoms with Gasteiger partial charge in [-0.15, -0.1) is 17.0 Å². The van der Waals surface area contributed by atoms with E-state index in [0.29, 0.717) is 16.5 Å². The van der Waals surface area contributed by atoms with E-state index in [2.05, 4.69) is 11.9 Å². The number of Topliss-reactive ketones (excluding diaryl/α,β-unsaturated/α-hetero) is 1.